The first-order valence-electron chi connectivity index (χ1n) is 6.36. The Balaban J connectivity index is 2.31. The molecule has 0 unspecified atom stereocenters. The van der Waals surface area contributed by atoms with Gasteiger partial charge in [0.15, 0.2) is 0 Å². The molecule has 1 saturated heterocycles. The van der Waals surface area contributed by atoms with Crippen LogP contribution in [0.15, 0.2) is 12.1 Å². The van der Waals surface area contributed by atoms with E-state index in [1.165, 1.54) is 11.0 Å². The quantitative estimate of drug-likeness (QED) is 0.437. The van der Waals surface area contributed by atoms with Gasteiger partial charge in [-0.2, -0.15) is 0 Å². The SMILES string of the molecule is NNc1c(Cl)cc(C(=O)N2CCC(O)CC2)cc1[N+](=O)[O-]. The first kappa shape index (κ1) is 15.5. The standard InChI is InChI=1S/C12H15ClN4O4/c13-9-5-7(6-10(17(20)21)11(9)15-14)12(19)16-3-1-8(18)2-4-16/h5-6,8,15,18H,1-4,14H2. The molecule has 9 heteroatoms. The number of likely N-dealkylation sites (tertiary alicyclic amines) is 1. The first-order chi connectivity index (χ1) is 9.93. The van der Waals surface area contributed by atoms with Crippen molar-refractivity contribution < 1.29 is 14.8 Å². The lowest BCUT2D eigenvalue weighted by Gasteiger charge is -2.29. The zero-order chi connectivity index (χ0) is 15.6. The molecule has 4 N–H and O–H groups in total. The fraction of sp³-hybridized carbons (Fsp3) is 0.417. The molecular formula is C12H15ClN4O4. The molecule has 1 aliphatic heterocycles. The lowest BCUT2D eigenvalue weighted by molar-refractivity contribution is -0.384. The van der Waals surface area contributed by atoms with Gasteiger partial charge in [-0.1, -0.05) is 11.6 Å². The summed E-state index contributed by atoms with van der Waals surface area (Å²) in [6, 6.07) is 2.49. The number of anilines is 1. The van der Waals surface area contributed by atoms with Crippen LogP contribution in [-0.4, -0.2) is 40.0 Å². The van der Waals surface area contributed by atoms with E-state index in [1.54, 1.807) is 0 Å². The van der Waals surface area contributed by atoms with E-state index in [9.17, 15) is 20.0 Å². The predicted molar refractivity (Wildman–Crippen MR) is 77.1 cm³/mol. The predicted octanol–water partition coefficient (Wildman–Crippen LogP) is 1.13. The third-order valence-corrected chi connectivity index (χ3v) is 3.71. The summed E-state index contributed by atoms with van der Waals surface area (Å²) in [4.78, 5) is 24.2. The number of nitrogens with one attached hydrogen (secondary N) is 1. The molecule has 0 radical (unpaired) electrons. The van der Waals surface area contributed by atoms with E-state index in [4.69, 9.17) is 17.4 Å². The number of hydrogen-bond acceptors (Lipinski definition) is 6. The van der Waals surface area contributed by atoms with E-state index < -0.39 is 11.0 Å². The highest BCUT2D eigenvalue weighted by Gasteiger charge is 2.26. The molecular weight excluding hydrogens is 300 g/mol. The highest BCUT2D eigenvalue weighted by atomic mass is 35.5. The topological polar surface area (TPSA) is 122 Å². The lowest BCUT2D eigenvalue weighted by atomic mass is 10.1. The maximum absolute atomic E-state index is 12.3. The largest absolute Gasteiger partial charge is 0.393 e. The van der Waals surface area contributed by atoms with Crippen LogP contribution < -0.4 is 11.3 Å². The summed E-state index contributed by atoms with van der Waals surface area (Å²) in [5, 5.41) is 20.5. The average Bonchev–Trinajstić information content (AvgIpc) is 2.46. The van der Waals surface area contributed by atoms with Gasteiger partial charge in [0.05, 0.1) is 16.0 Å². The number of halogens is 1. The minimum Gasteiger partial charge on any atom is -0.393 e. The van der Waals surface area contributed by atoms with Crippen LogP contribution in [0.3, 0.4) is 0 Å². The van der Waals surface area contributed by atoms with Gasteiger partial charge in [0.2, 0.25) is 0 Å². The summed E-state index contributed by atoms with van der Waals surface area (Å²) in [6.07, 6.45) is 0.573. The van der Waals surface area contributed by atoms with Crippen molar-refractivity contribution in [3.05, 3.63) is 32.8 Å². The molecule has 1 aliphatic rings. The van der Waals surface area contributed by atoms with Crippen LogP contribution in [0.1, 0.15) is 23.2 Å². The number of carbonyl (C=O) groups is 1. The van der Waals surface area contributed by atoms with Gasteiger partial charge in [-0.3, -0.25) is 20.8 Å². The second-order valence-corrected chi connectivity index (χ2v) is 5.18. The van der Waals surface area contributed by atoms with Crippen LogP contribution in [0.4, 0.5) is 11.4 Å². The van der Waals surface area contributed by atoms with Crippen LogP contribution >= 0.6 is 11.6 Å². The van der Waals surface area contributed by atoms with Crippen LogP contribution in [-0.2, 0) is 0 Å². The van der Waals surface area contributed by atoms with Gasteiger partial charge < -0.3 is 15.4 Å². The number of nitro benzene ring substituents is 1. The average molecular weight is 315 g/mol. The number of nitrogens with zero attached hydrogens (tertiary/aromatic N) is 2. The van der Waals surface area contributed by atoms with Gasteiger partial charge in [-0.15, -0.1) is 0 Å². The summed E-state index contributed by atoms with van der Waals surface area (Å²) >= 11 is 5.93. The van der Waals surface area contributed by atoms with E-state index in [2.05, 4.69) is 5.43 Å². The summed E-state index contributed by atoms with van der Waals surface area (Å²) in [5.74, 6) is 4.86. The van der Waals surface area contributed by atoms with Gasteiger partial charge in [0.25, 0.3) is 11.6 Å². The molecule has 1 amide bonds. The van der Waals surface area contributed by atoms with Crippen LogP contribution in [0.5, 0.6) is 0 Å². The number of hydrogen-bond donors (Lipinski definition) is 3. The number of amides is 1. The third kappa shape index (κ3) is 3.23. The number of aliphatic hydroxyl groups is 1. The van der Waals surface area contributed by atoms with Gasteiger partial charge in [-0.05, 0) is 18.9 Å². The first-order valence-corrected chi connectivity index (χ1v) is 6.73. The van der Waals surface area contributed by atoms with E-state index in [0.717, 1.165) is 6.07 Å². The molecule has 21 heavy (non-hydrogen) atoms. The number of aliphatic hydroxyl groups excluding tert-OH is 1. The van der Waals surface area contributed by atoms with Gasteiger partial charge in [-0.25, -0.2) is 0 Å². The fourth-order valence-electron chi connectivity index (χ4n) is 2.25. The third-order valence-electron chi connectivity index (χ3n) is 3.41. The Bertz CT molecular complexity index is 573. The summed E-state index contributed by atoms with van der Waals surface area (Å²) in [6.45, 7) is 0.810. The molecule has 0 saturated carbocycles. The molecule has 0 atom stereocenters. The van der Waals surface area contributed by atoms with Crippen LogP contribution in [0.25, 0.3) is 0 Å². The number of hydrazine groups is 1. The lowest BCUT2D eigenvalue weighted by Crippen LogP contribution is -2.40. The molecule has 1 aromatic carbocycles. The Morgan fingerprint density at radius 1 is 1.48 bits per heavy atom. The van der Waals surface area contributed by atoms with Crippen LogP contribution in [0.2, 0.25) is 5.02 Å². The second kappa shape index (κ2) is 6.25. The number of nitrogen functional groups attached to an aromatic ring is 1. The molecule has 1 heterocycles. The normalized spacial score (nSPS) is 15.9. The molecule has 8 nitrogen and oxygen atoms in total. The van der Waals surface area contributed by atoms with Crippen molar-refractivity contribution in [2.45, 2.75) is 18.9 Å². The van der Waals surface area contributed by atoms with E-state index >= 15 is 0 Å². The molecule has 0 spiro atoms. The Morgan fingerprint density at radius 3 is 2.62 bits per heavy atom. The van der Waals surface area contributed by atoms with Crippen molar-refractivity contribution in [3.8, 4) is 0 Å². The minimum absolute atomic E-state index is 0.00657. The van der Waals surface area contributed by atoms with Gasteiger partial charge in [0, 0.05) is 24.7 Å². The van der Waals surface area contributed by atoms with Crippen molar-refractivity contribution in [3.63, 3.8) is 0 Å². The summed E-state index contributed by atoms with van der Waals surface area (Å²) < 4.78 is 0. The second-order valence-electron chi connectivity index (χ2n) is 4.78. The minimum atomic E-state index is -0.655. The van der Waals surface area contributed by atoms with Crippen molar-refractivity contribution in [2.75, 3.05) is 18.5 Å². The maximum atomic E-state index is 12.3. The zero-order valence-electron chi connectivity index (χ0n) is 11.1. The molecule has 0 aliphatic carbocycles. The van der Waals surface area contributed by atoms with E-state index in [-0.39, 0.29) is 27.9 Å². The number of nitro groups is 1. The van der Waals surface area contributed by atoms with Crippen molar-refractivity contribution >= 4 is 28.9 Å². The number of rotatable bonds is 3. The molecule has 114 valence electrons. The summed E-state index contributed by atoms with van der Waals surface area (Å²) in [5.41, 5.74) is 1.90. The number of benzene rings is 1. The number of nitrogens with two attached hydrogens (primary N) is 1. The smallest absolute Gasteiger partial charge is 0.295 e. The number of carbonyl (C=O) groups excluding carboxylic acids is 1. The molecule has 0 bridgehead atoms. The molecule has 2 rings (SSSR count). The Labute approximate surface area is 125 Å². The monoisotopic (exact) mass is 314 g/mol. The molecule has 1 fully saturated rings. The van der Waals surface area contributed by atoms with Crippen molar-refractivity contribution in [2.24, 2.45) is 5.84 Å². The van der Waals surface area contributed by atoms with Crippen molar-refractivity contribution in [1.82, 2.24) is 4.90 Å². The molecule has 1 aromatic rings. The fourth-order valence-corrected chi connectivity index (χ4v) is 2.52. The Hall–Kier alpha value is -1.90. The molecule has 0 aromatic heterocycles. The summed E-state index contributed by atoms with van der Waals surface area (Å²) in [7, 11) is 0. The van der Waals surface area contributed by atoms with E-state index in [0.29, 0.717) is 25.9 Å². The Kier molecular flexibility index (Phi) is 4.61. The van der Waals surface area contributed by atoms with E-state index in [1.807, 2.05) is 0 Å². The number of piperidine rings is 1. The Morgan fingerprint density at radius 2 is 2.10 bits per heavy atom. The van der Waals surface area contributed by atoms with Gasteiger partial charge in [0.1, 0.15) is 5.69 Å². The highest BCUT2D eigenvalue weighted by molar-refractivity contribution is 6.34. The van der Waals surface area contributed by atoms with Crippen LogP contribution in [0, 0.1) is 10.1 Å². The zero-order valence-corrected chi connectivity index (χ0v) is 11.8. The maximum Gasteiger partial charge on any atom is 0.295 e. The highest BCUT2D eigenvalue weighted by Crippen LogP contribution is 2.33. The van der Waals surface area contributed by atoms with Gasteiger partial charge >= 0.3 is 0 Å². The van der Waals surface area contributed by atoms with Crippen molar-refractivity contribution in [1.29, 1.82) is 0 Å².